The first-order valence-electron chi connectivity index (χ1n) is 4.81. The second-order valence-corrected chi connectivity index (χ2v) is 3.29. The van der Waals surface area contributed by atoms with Crippen LogP contribution in [0.5, 0.6) is 0 Å². The van der Waals surface area contributed by atoms with E-state index >= 15 is 0 Å². The summed E-state index contributed by atoms with van der Waals surface area (Å²) in [5.74, 6) is 0. The fourth-order valence-electron chi connectivity index (χ4n) is 1.30. The van der Waals surface area contributed by atoms with Crippen molar-refractivity contribution in [1.29, 1.82) is 0 Å². The van der Waals surface area contributed by atoms with Crippen molar-refractivity contribution in [3.05, 3.63) is 0 Å². The SMILES string of the molecule is CCCN(CCCN)C[C@H](C)O. The van der Waals surface area contributed by atoms with Crippen LogP contribution < -0.4 is 5.73 Å². The fourth-order valence-corrected chi connectivity index (χ4v) is 1.30. The summed E-state index contributed by atoms with van der Waals surface area (Å²) in [7, 11) is 0. The summed E-state index contributed by atoms with van der Waals surface area (Å²) in [5.41, 5.74) is 5.41. The Labute approximate surface area is 75.6 Å². The lowest BCUT2D eigenvalue weighted by Crippen LogP contribution is -2.33. The minimum Gasteiger partial charge on any atom is -0.392 e. The van der Waals surface area contributed by atoms with Crippen LogP contribution in [0.3, 0.4) is 0 Å². The Morgan fingerprint density at radius 3 is 2.50 bits per heavy atom. The maximum Gasteiger partial charge on any atom is 0.0639 e. The molecule has 0 aliphatic heterocycles. The molecule has 0 fully saturated rings. The van der Waals surface area contributed by atoms with Gasteiger partial charge < -0.3 is 15.7 Å². The smallest absolute Gasteiger partial charge is 0.0639 e. The highest BCUT2D eigenvalue weighted by atomic mass is 16.3. The molecule has 0 aromatic rings. The Morgan fingerprint density at radius 2 is 2.08 bits per heavy atom. The van der Waals surface area contributed by atoms with E-state index in [1.54, 1.807) is 0 Å². The Bertz CT molecular complexity index is 96.5. The van der Waals surface area contributed by atoms with Crippen LogP contribution in [0, 0.1) is 0 Å². The lowest BCUT2D eigenvalue weighted by molar-refractivity contribution is 0.126. The van der Waals surface area contributed by atoms with Crippen molar-refractivity contribution in [2.45, 2.75) is 32.8 Å². The van der Waals surface area contributed by atoms with E-state index in [4.69, 9.17) is 5.73 Å². The lowest BCUT2D eigenvalue weighted by atomic mass is 10.3. The largest absolute Gasteiger partial charge is 0.392 e. The highest BCUT2D eigenvalue weighted by Crippen LogP contribution is 1.95. The standard InChI is InChI=1S/C9H22N2O/c1-3-6-11(7-4-5-10)8-9(2)12/h9,12H,3-8,10H2,1-2H3/t9-/m0/s1. The molecule has 0 saturated carbocycles. The molecule has 74 valence electrons. The van der Waals surface area contributed by atoms with E-state index in [2.05, 4.69) is 11.8 Å². The molecule has 0 aromatic carbocycles. The molecule has 0 spiro atoms. The third kappa shape index (κ3) is 6.58. The minimum atomic E-state index is -0.227. The van der Waals surface area contributed by atoms with Crippen molar-refractivity contribution in [2.24, 2.45) is 5.73 Å². The second kappa shape index (κ2) is 7.53. The molecule has 0 aromatic heterocycles. The summed E-state index contributed by atoms with van der Waals surface area (Å²) in [4.78, 5) is 2.26. The molecular weight excluding hydrogens is 152 g/mol. The molecular formula is C9H22N2O. The molecule has 0 unspecified atom stereocenters. The van der Waals surface area contributed by atoms with Crippen molar-refractivity contribution < 1.29 is 5.11 Å². The van der Waals surface area contributed by atoms with Gasteiger partial charge in [-0.15, -0.1) is 0 Å². The van der Waals surface area contributed by atoms with Gasteiger partial charge in [-0.3, -0.25) is 0 Å². The fraction of sp³-hybridized carbons (Fsp3) is 1.00. The molecule has 0 bridgehead atoms. The number of hydrogen-bond acceptors (Lipinski definition) is 3. The summed E-state index contributed by atoms with van der Waals surface area (Å²) in [6, 6.07) is 0. The van der Waals surface area contributed by atoms with Gasteiger partial charge in [0.1, 0.15) is 0 Å². The van der Waals surface area contributed by atoms with Gasteiger partial charge in [0.25, 0.3) is 0 Å². The van der Waals surface area contributed by atoms with Crippen LogP contribution in [0.4, 0.5) is 0 Å². The van der Waals surface area contributed by atoms with Gasteiger partial charge in [0.05, 0.1) is 6.10 Å². The van der Waals surface area contributed by atoms with E-state index < -0.39 is 0 Å². The van der Waals surface area contributed by atoms with E-state index in [1.165, 1.54) is 0 Å². The van der Waals surface area contributed by atoms with Gasteiger partial charge in [-0.1, -0.05) is 6.92 Å². The predicted octanol–water partition coefficient (Wildman–Crippen LogP) is 0.428. The van der Waals surface area contributed by atoms with Crippen LogP contribution in [-0.2, 0) is 0 Å². The third-order valence-electron chi connectivity index (χ3n) is 1.74. The summed E-state index contributed by atoms with van der Waals surface area (Å²) >= 11 is 0. The zero-order valence-corrected chi connectivity index (χ0v) is 8.29. The number of nitrogens with two attached hydrogens (primary N) is 1. The number of aliphatic hydroxyl groups excluding tert-OH is 1. The molecule has 3 N–H and O–H groups in total. The monoisotopic (exact) mass is 174 g/mol. The molecule has 0 aliphatic carbocycles. The van der Waals surface area contributed by atoms with Crippen molar-refractivity contribution in [2.75, 3.05) is 26.2 Å². The average molecular weight is 174 g/mol. The highest BCUT2D eigenvalue weighted by molar-refractivity contribution is 4.60. The average Bonchev–Trinajstić information content (AvgIpc) is 2.00. The van der Waals surface area contributed by atoms with Gasteiger partial charge in [-0.25, -0.2) is 0 Å². The Balaban J connectivity index is 3.54. The van der Waals surface area contributed by atoms with Crippen LogP contribution in [0.15, 0.2) is 0 Å². The van der Waals surface area contributed by atoms with E-state index in [0.717, 1.165) is 39.0 Å². The molecule has 3 nitrogen and oxygen atoms in total. The molecule has 0 rings (SSSR count). The van der Waals surface area contributed by atoms with E-state index in [0.29, 0.717) is 0 Å². The zero-order valence-electron chi connectivity index (χ0n) is 8.29. The van der Waals surface area contributed by atoms with Crippen LogP contribution in [0.2, 0.25) is 0 Å². The first-order valence-corrected chi connectivity index (χ1v) is 4.81. The molecule has 1 atom stereocenters. The topological polar surface area (TPSA) is 49.5 Å². The Morgan fingerprint density at radius 1 is 1.42 bits per heavy atom. The quantitative estimate of drug-likeness (QED) is 0.588. The minimum absolute atomic E-state index is 0.227. The summed E-state index contributed by atoms with van der Waals surface area (Å²) < 4.78 is 0. The van der Waals surface area contributed by atoms with Crippen LogP contribution in [-0.4, -0.2) is 42.3 Å². The normalized spacial score (nSPS) is 13.8. The molecule has 0 heterocycles. The summed E-state index contributed by atoms with van der Waals surface area (Å²) in [6.45, 7) is 7.55. The van der Waals surface area contributed by atoms with Crippen molar-refractivity contribution in [3.8, 4) is 0 Å². The Kier molecular flexibility index (Phi) is 7.45. The maximum atomic E-state index is 9.18. The number of nitrogens with zero attached hydrogens (tertiary/aromatic N) is 1. The van der Waals surface area contributed by atoms with E-state index in [-0.39, 0.29) is 6.10 Å². The maximum absolute atomic E-state index is 9.18. The van der Waals surface area contributed by atoms with Crippen molar-refractivity contribution in [3.63, 3.8) is 0 Å². The number of aliphatic hydroxyl groups is 1. The van der Waals surface area contributed by atoms with Gasteiger partial charge in [-0.05, 0) is 39.4 Å². The van der Waals surface area contributed by atoms with Gasteiger partial charge in [0, 0.05) is 6.54 Å². The lowest BCUT2D eigenvalue weighted by Gasteiger charge is -2.22. The molecule has 0 radical (unpaired) electrons. The van der Waals surface area contributed by atoms with Crippen LogP contribution in [0.25, 0.3) is 0 Å². The number of hydrogen-bond donors (Lipinski definition) is 2. The third-order valence-corrected chi connectivity index (χ3v) is 1.74. The predicted molar refractivity (Wildman–Crippen MR) is 52.1 cm³/mol. The van der Waals surface area contributed by atoms with Crippen molar-refractivity contribution in [1.82, 2.24) is 4.90 Å². The molecule has 0 amide bonds. The van der Waals surface area contributed by atoms with Gasteiger partial charge in [0.2, 0.25) is 0 Å². The van der Waals surface area contributed by atoms with Gasteiger partial charge in [-0.2, -0.15) is 0 Å². The Hall–Kier alpha value is -0.120. The second-order valence-electron chi connectivity index (χ2n) is 3.29. The van der Waals surface area contributed by atoms with Gasteiger partial charge in [0.15, 0.2) is 0 Å². The first kappa shape index (κ1) is 11.9. The van der Waals surface area contributed by atoms with Gasteiger partial charge >= 0.3 is 0 Å². The molecule has 12 heavy (non-hydrogen) atoms. The van der Waals surface area contributed by atoms with Crippen LogP contribution >= 0.6 is 0 Å². The number of rotatable bonds is 7. The molecule has 3 heteroatoms. The van der Waals surface area contributed by atoms with Crippen LogP contribution in [0.1, 0.15) is 26.7 Å². The first-order chi connectivity index (χ1) is 5.70. The van der Waals surface area contributed by atoms with E-state index in [9.17, 15) is 5.11 Å². The summed E-state index contributed by atoms with van der Waals surface area (Å²) in [5, 5.41) is 9.18. The van der Waals surface area contributed by atoms with E-state index in [1.807, 2.05) is 6.92 Å². The zero-order chi connectivity index (χ0) is 9.40. The highest BCUT2D eigenvalue weighted by Gasteiger charge is 2.05. The molecule has 0 saturated heterocycles. The summed E-state index contributed by atoms with van der Waals surface area (Å²) in [6.07, 6.45) is 1.93. The molecule has 0 aliphatic rings. The van der Waals surface area contributed by atoms with Crippen molar-refractivity contribution >= 4 is 0 Å².